The molecule has 0 saturated carbocycles. The molecule has 1 aliphatic rings. The van der Waals surface area contributed by atoms with Gasteiger partial charge in [-0.3, -0.25) is 0 Å². The van der Waals surface area contributed by atoms with Crippen molar-refractivity contribution >= 4 is 17.4 Å². The van der Waals surface area contributed by atoms with Gasteiger partial charge in [-0.05, 0) is 11.1 Å². The summed E-state index contributed by atoms with van der Waals surface area (Å²) in [6, 6.07) is 7.16. The van der Waals surface area contributed by atoms with Crippen LogP contribution >= 0.6 is 11.3 Å². The summed E-state index contributed by atoms with van der Waals surface area (Å²) in [4.78, 5) is 16.7. The minimum absolute atomic E-state index is 0.00861. The minimum Gasteiger partial charge on any atom is -0.390 e. The number of thiazole rings is 1. The Balaban J connectivity index is 1.58. The topological polar surface area (TPSA) is 74.2 Å². The van der Waals surface area contributed by atoms with Crippen LogP contribution in [0.3, 0.4) is 0 Å². The van der Waals surface area contributed by atoms with E-state index in [9.17, 15) is 9.90 Å². The van der Waals surface area contributed by atoms with E-state index in [1.165, 1.54) is 0 Å². The van der Waals surface area contributed by atoms with Gasteiger partial charge in [-0.2, -0.15) is 0 Å². The number of aliphatic hydroxyl groups is 1. The van der Waals surface area contributed by atoms with E-state index in [-0.39, 0.29) is 17.5 Å². The molecule has 5 nitrogen and oxygen atoms in total. The molecule has 0 aliphatic heterocycles. The van der Waals surface area contributed by atoms with Gasteiger partial charge in [0, 0.05) is 17.2 Å². The van der Waals surface area contributed by atoms with Crippen molar-refractivity contribution in [2.24, 2.45) is 0 Å². The lowest BCUT2D eigenvalue weighted by Crippen LogP contribution is -2.40. The number of carbonyl (C=O) groups excluding carboxylic acids is 1. The molecule has 1 aliphatic carbocycles. The number of nitrogens with zero attached hydrogens (tertiary/aromatic N) is 1. The second kappa shape index (κ2) is 6.53. The fraction of sp³-hybridized carbons (Fsp3) is 0.444. The summed E-state index contributed by atoms with van der Waals surface area (Å²) >= 11 is 1.55. The highest BCUT2D eigenvalue weighted by Crippen LogP contribution is 2.31. The quantitative estimate of drug-likeness (QED) is 0.801. The zero-order valence-electron chi connectivity index (χ0n) is 14.2. The van der Waals surface area contributed by atoms with Crippen LogP contribution in [0.15, 0.2) is 29.6 Å². The van der Waals surface area contributed by atoms with E-state index < -0.39 is 6.10 Å². The van der Waals surface area contributed by atoms with Crippen LogP contribution in [0.1, 0.15) is 48.6 Å². The van der Waals surface area contributed by atoms with Gasteiger partial charge in [-0.15, -0.1) is 11.3 Å². The number of hydrogen-bond acceptors (Lipinski definition) is 4. The summed E-state index contributed by atoms with van der Waals surface area (Å²) in [6.45, 7) is 6.73. The van der Waals surface area contributed by atoms with Crippen molar-refractivity contribution in [2.45, 2.75) is 51.3 Å². The van der Waals surface area contributed by atoms with E-state index in [0.717, 1.165) is 21.8 Å². The van der Waals surface area contributed by atoms with Crippen LogP contribution in [0, 0.1) is 0 Å². The number of urea groups is 1. The molecule has 1 aromatic carbocycles. The maximum absolute atomic E-state index is 12.2. The molecule has 1 heterocycles. The van der Waals surface area contributed by atoms with Crippen LogP contribution < -0.4 is 10.6 Å². The normalized spacial score (nSPS) is 19.8. The van der Waals surface area contributed by atoms with Gasteiger partial charge < -0.3 is 15.7 Å². The fourth-order valence-electron chi connectivity index (χ4n) is 2.83. The maximum atomic E-state index is 12.2. The molecule has 6 heteroatoms. The van der Waals surface area contributed by atoms with E-state index >= 15 is 0 Å². The molecule has 2 atom stereocenters. The van der Waals surface area contributed by atoms with Crippen molar-refractivity contribution < 1.29 is 9.90 Å². The number of nitrogens with one attached hydrogen (secondary N) is 2. The number of carbonyl (C=O) groups is 1. The van der Waals surface area contributed by atoms with Crippen LogP contribution in [0.2, 0.25) is 0 Å². The average molecular weight is 345 g/mol. The first-order valence-electron chi connectivity index (χ1n) is 8.09. The molecule has 0 spiro atoms. The largest absolute Gasteiger partial charge is 0.390 e. The maximum Gasteiger partial charge on any atom is 0.315 e. The lowest BCUT2D eigenvalue weighted by Gasteiger charge is -2.18. The molecule has 2 amide bonds. The molecule has 2 aromatic rings. The smallest absolute Gasteiger partial charge is 0.315 e. The Bertz CT molecular complexity index is 736. The predicted molar refractivity (Wildman–Crippen MR) is 95.1 cm³/mol. The second-order valence-corrected chi connectivity index (χ2v) is 8.09. The Kier molecular flexibility index (Phi) is 4.60. The summed E-state index contributed by atoms with van der Waals surface area (Å²) in [7, 11) is 0. The highest BCUT2D eigenvalue weighted by atomic mass is 32.1. The highest BCUT2D eigenvalue weighted by Gasteiger charge is 2.31. The van der Waals surface area contributed by atoms with Gasteiger partial charge in [0.15, 0.2) is 0 Å². The molecule has 128 valence electrons. The molecule has 0 unspecified atom stereocenters. The van der Waals surface area contributed by atoms with Gasteiger partial charge in [-0.1, -0.05) is 45.0 Å². The van der Waals surface area contributed by atoms with Gasteiger partial charge in [0.25, 0.3) is 0 Å². The molecule has 3 rings (SSSR count). The number of hydrogen-bond donors (Lipinski definition) is 3. The van der Waals surface area contributed by atoms with Crippen molar-refractivity contribution in [3.8, 4) is 0 Å². The lowest BCUT2D eigenvalue weighted by atomic mass is 9.93. The van der Waals surface area contributed by atoms with Crippen LogP contribution in [0.4, 0.5) is 4.79 Å². The first kappa shape index (κ1) is 16.9. The van der Waals surface area contributed by atoms with Crippen LogP contribution in [-0.4, -0.2) is 22.2 Å². The number of amides is 2. The zero-order valence-corrected chi connectivity index (χ0v) is 15.0. The number of rotatable bonds is 3. The van der Waals surface area contributed by atoms with Gasteiger partial charge in [0.1, 0.15) is 5.01 Å². The second-order valence-electron chi connectivity index (χ2n) is 7.15. The third-order valence-electron chi connectivity index (χ3n) is 4.21. The summed E-state index contributed by atoms with van der Waals surface area (Å²) in [5, 5.41) is 18.8. The third kappa shape index (κ3) is 3.60. The van der Waals surface area contributed by atoms with Gasteiger partial charge >= 0.3 is 6.03 Å². The fourth-order valence-corrected chi connectivity index (χ4v) is 3.79. The van der Waals surface area contributed by atoms with E-state index in [2.05, 4.69) is 36.4 Å². The monoisotopic (exact) mass is 345 g/mol. The Labute approximate surface area is 146 Å². The first-order valence-corrected chi connectivity index (χ1v) is 8.97. The molecule has 0 saturated heterocycles. The Morgan fingerprint density at radius 1 is 1.38 bits per heavy atom. The molecular weight excluding hydrogens is 322 g/mol. The molecule has 1 aromatic heterocycles. The SMILES string of the molecule is CC(C)(C)c1csc(CNC(=O)N[C@H]2c3ccccc3C[C@H]2O)n1. The van der Waals surface area contributed by atoms with E-state index in [1.807, 2.05) is 29.6 Å². The number of fused-ring (bicyclic) bond motifs is 1. The number of benzene rings is 1. The highest BCUT2D eigenvalue weighted by molar-refractivity contribution is 7.09. The Morgan fingerprint density at radius 2 is 2.12 bits per heavy atom. The van der Waals surface area contributed by atoms with Gasteiger partial charge in [0.05, 0.1) is 24.4 Å². The van der Waals surface area contributed by atoms with Crippen molar-refractivity contribution in [3.63, 3.8) is 0 Å². The number of aliphatic hydroxyl groups excluding tert-OH is 1. The van der Waals surface area contributed by atoms with Crippen molar-refractivity contribution in [1.82, 2.24) is 15.6 Å². The molecule has 0 fully saturated rings. The van der Waals surface area contributed by atoms with Crippen molar-refractivity contribution in [2.75, 3.05) is 0 Å². The van der Waals surface area contributed by atoms with E-state index in [1.54, 1.807) is 11.3 Å². The summed E-state index contributed by atoms with van der Waals surface area (Å²) < 4.78 is 0. The summed E-state index contributed by atoms with van der Waals surface area (Å²) in [5.74, 6) is 0. The van der Waals surface area contributed by atoms with Crippen molar-refractivity contribution in [1.29, 1.82) is 0 Å². The van der Waals surface area contributed by atoms with Crippen molar-refractivity contribution in [3.05, 3.63) is 51.5 Å². The summed E-state index contributed by atoms with van der Waals surface area (Å²) in [5.41, 5.74) is 3.12. The van der Waals surface area contributed by atoms with E-state index in [4.69, 9.17) is 0 Å². The minimum atomic E-state index is -0.583. The van der Waals surface area contributed by atoms with Gasteiger partial charge in [-0.25, -0.2) is 9.78 Å². The molecule has 3 N–H and O–H groups in total. The zero-order chi connectivity index (χ0) is 17.3. The number of aromatic nitrogens is 1. The molecule has 0 bridgehead atoms. The van der Waals surface area contributed by atoms with Crippen LogP contribution in [0.25, 0.3) is 0 Å². The first-order chi connectivity index (χ1) is 11.3. The van der Waals surface area contributed by atoms with E-state index in [0.29, 0.717) is 13.0 Å². The van der Waals surface area contributed by atoms with Crippen LogP contribution in [-0.2, 0) is 18.4 Å². The Morgan fingerprint density at radius 3 is 2.83 bits per heavy atom. The summed E-state index contributed by atoms with van der Waals surface area (Å²) in [6.07, 6.45) is -0.0109. The lowest BCUT2D eigenvalue weighted by molar-refractivity contribution is 0.142. The standard InChI is InChI=1S/C18H23N3O2S/c1-18(2,3)14-10-24-15(20-14)9-19-17(23)21-16-12-7-5-4-6-11(12)8-13(16)22/h4-7,10,13,16,22H,8-9H2,1-3H3,(H2,19,21,23)/t13-,16+/m1/s1. The third-order valence-corrected chi connectivity index (χ3v) is 5.06. The van der Waals surface area contributed by atoms with Gasteiger partial charge in [0.2, 0.25) is 0 Å². The predicted octanol–water partition coefficient (Wildman–Crippen LogP) is 2.90. The average Bonchev–Trinajstić information content (AvgIpc) is 3.11. The molecule has 24 heavy (non-hydrogen) atoms. The molecule has 0 radical (unpaired) electrons. The Hall–Kier alpha value is -1.92. The van der Waals surface area contributed by atoms with Crippen LogP contribution in [0.5, 0.6) is 0 Å². The molecular formula is C18H23N3O2S.